The highest BCUT2D eigenvalue weighted by molar-refractivity contribution is 7.22. The average Bonchev–Trinajstić information content (AvgIpc) is 2.88. The first-order valence-electron chi connectivity index (χ1n) is 7.23. The maximum atomic E-state index is 12.3. The number of alkyl halides is 3. The van der Waals surface area contributed by atoms with Crippen molar-refractivity contribution >= 4 is 26.7 Å². The van der Waals surface area contributed by atoms with Gasteiger partial charge in [0.1, 0.15) is 5.52 Å². The Morgan fingerprint density at radius 2 is 2.09 bits per heavy atom. The zero-order valence-corrected chi connectivity index (χ0v) is 12.8. The van der Waals surface area contributed by atoms with Crippen LogP contribution >= 0.6 is 11.3 Å². The molecule has 1 aliphatic heterocycles. The number of halogens is 3. The molecule has 0 unspecified atom stereocenters. The van der Waals surface area contributed by atoms with E-state index in [1.54, 1.807) is 23.7 Å². The fraction of sp³-hybridized carbons (Fsp3) is 0.571. The molecule has 0 atom stereocenters. The minimum absolute atomic E-state index is 0.398. The van der Waals surface area contributed by atoms with Gasteiger partial charge in [-0.25, -0.2) is 4.98 Å². The van der Waals surface area contributed by atoms with Crippen molar-refractivity contribution < 1.29 is 13.2 Å². The molecule has 2 aromatic heterocycles. The Kier molecular flexibility index (Phi) is 4.49. The molecular formula is C14H17F3N4S. The fourth-order valence-electron chi connectivity index (χ4n) is 2.69. The highest BCUT2D eigenvalue weighted by atomic mass is 32.1. The van der Waals surface area contributed by atoms with Crippen LogP contribution in [0.3, 0.4) is 0 Å². The summed E-state index contributed by atoms with van der Waals surface area (Å²) < 4.78 is 38.1. The standard InChI is InChI=1S/C14H17F3N4S/c15-14(16,17)9-21-5-2-10(3-6-21)7-19-13-20-11-8-18-4-1-12(11)22-13/h1,4,8,10H,2-3,5-7,9H2,(H,19,20). The van der Waals surface area contributed by atoms with Crippen molar-refractivity contribution in [2.24, 2.45) is 5.92 Å². The molecule has 120 valence electrons. The summed E-state index contributed by atoms with van der Waals surface area (Å²) in [4.78, 5) is 9.96. The highest BCUT2D eigenvalue weighted by Gasteiger charge is 2.32. The molecule has 0 aliphatic carbocycles. The number of hydrogen-bond acceptors (Lipinski definition) is 5. The highest BCUT2D eigenvalue weighted by Crippen LogP contribution is 2.26. The number of thiazole rings is 1. The molecule has 0 aromatic carbocycles. The summed E-state index contributed by atoms with van der Waals surface area (Å²) in [6, 6.07) is 1.92. The van der Waals surface area contributed by atoms with Crippen LogP contribution in [0.2, 0.25) is 0 Å². The second-order valence-corrected chi connectivity index (χ2v) is 6.61. The molecule has 0 bridgehead atoms. The van der Waals surface area contributed by atoms with Gasteiger partial charge in [0.15, 0.2) is 5.13 Å². The van der Waals surface area contributed by atoms with Crippen LogP contribution in [0.1, 0.15) is 12.8 Å². The first-order valence-corrected chi connectivity index (χ1v) is 8.05. The van der Waals surface area contributed by atoms with Crippen LogP contribution in [-0.4, -0.2) is 47.2 Å². The van der Waals surface area contributed by atoms with Crippen molar-refractivity contribution in [3.63, 3.8) is 0 Å². The second kappa shape index (κ2) is 6.37. The zero-order valence-electron chi connectivity index (χ0n) is 11.9. The summed E-state index contributed by atoms with van der Waals surface area (Å²) in [7, 11) is 0. The summed E-state index contributed by atoms with van der Waals surface area (Å²) in [6.07, 6.45) is 0.943. The van der Waals surface area contributed by atoms with Crippen molar-refractivity contribution in [1.29, 1.82) is 0 Å². The third kappa shape index (κ3) is 4.07. The lowest BCUT2D eigenvalue weighted by Gasteiger charge is -2.32. The summed E-state index contributed by atoms with van der Waals surface area (Å²) in [5, 5.41) is 4.15. The molecule has 22 heavy (non-hydrogen) atoms. The van der Waals surface area contributed by atoms with Crippen LogP contribution in [0, 0.1) is 5.92 Å². The summed E-state index contributed by atoms with van der Waals surface area (Å²) in [6.45, 7) is 0.983. The largest absolute Gasteiger partial charge is 0.401 e. The van der Waals surface area contributed by atoms with Crippen LogP contribution in [0.5, 0.6) is 0 Å². The van der Waals surface area contributed by atoms with Crippen molar-refractivity contribution in [2.45, 2.75) is 19.0 Å². The summed E-state index contributed by atoms with van der Waals surface area (Å²) in [5.41, 5.74) is 0.870. The minimum Gasteiger partial charge on any atom is -0.361 e. The van der Waals surface area contributed by atoms with Crippen molar-refractivity contribution in [2.75, 3.05) is 31.5 Å². The van der Waals surface area contributed by atoms with Gasteiger partial charge in [-0.3, -0.25) is 9.88 Å². The number of piperidine rings is 1. The van der Waals surface area contributed by atoms with E-state index in [4.69, 9.17) is 0 Å². The molecule has 1 aliphatic rings. The topological polar surface area (TPSA) is 41.0 Å². The number of aromatic nitrogens is 2. The lowest BCUT2D eigenvalue weighted by atomic mass is 9.97. The summed E-state index contributed by atoms with van der Waals surface area (Å²) >= 11 is 1.57. The Bertz CT molecular complexity index is 587. The van der Waals surface area contributed by atoms with Gasteiger partial charge < -0.3 is 5.32 Å². The molecule has 3 rings (SSSR count). The maximum Gasteiger partial charge on any atom is 0.401 e. The number of hydrogen-bond donors (Lipinski definition) is 1. The van der Waals surface area contributed by atoms with Gasteiger partial charge in [-0.15, -0.1) is 0 Å². The van der Waals surface area contributed by atoms with Crippen molar-refractivity contribution in [1.82, 2.24) is 14.9 Å². The van der Waals surface area contributed by atoms with Crippen LogP contribution in [-0.2, 0) is 0 Å². The zero-order chi connectivity index (χ0) is 15.6. The molecule has 0 radical (unpaired) electrons. The Morgan fingerprint density at radius 1 is 1.32 bits per heavy atom. The Morgan fingerprint density at radius 3 is 2.77 bits per heavy atom. The van der Waals surface area contributed by atoms with E-state index < -0.39 is 12.7 Å². The lowest BCUT2D eigenvalue weighted by molar-refractivity contribution is -0.148. The predicted molar refractivity (Wildman–Crippen MR) is 81.1 cm³/mol. The van der Waals surface area contributed by atoms with Crippen LogP contribution in [0.15, 0.2) is 18.5 Å². The number of rotatable bonds is 4. The smallest absolute Gasteiger partial charge is 0.361 e. The molecule has 1 N–H and O–H groups in total. The number of anilines is 1. The number of nitrogens with zero attached hydrogens (tertiary/aromatic N) is 3. The maximum absolute atomic E-state index is 12.3. The van der Waals surface area contributed by atoms with E-state index >= 15 is 0 Å². The van der Waals surface area contributed by atoms with Gasteiger partial charge in [0.2, 0.25) is 0 Å². The van der Waals surface area contributed by atoms with Gasteiger partial charge in [-0.05, 0) is 37.9 Å². The number of fused-ring (bicyclic) bond motifs is 1. The molecule has 0 spiro atoms. The first kappa shape index (κ1) is 15.5. The van der Waals surface area contributed by atoms with Crippen LogP contribution in [0.25, 0.3) is 10.2 Å². The average molecular weight is 330 g/mol. The molecule has 0 saturated carbocycles. The van der Waals surface area contributed by atoms with E-state index in [1.165, 1.54) is 4.90 Å². The van der Waals surface area contributed by atoms with Crippen LogP contribution < -0.4 is 5.32 Å². The van der Waals surface area contributed by atoms with E-state index in [0.29, 0.717) is 19.0 Å². The van der Waals surface area contributed by atoms with Gasteiger partial charge in [0.05, 0.1) is 17.4 Å². The monoisotopic (exact) mass is 330 g/mol. The SMILES string of the molecule is FC(F)(F)CN1CCC(CNc2nc3cnccc3s2)CC1. The normalized spacial score (nSPS) is 18.0. The van der Waals surface area contributed by atoms with E-state index in [1.807, 2.05) is 6.07 Å². The van der Waals surface area contributed by atoms with Gasteiger partial charge in [-0.2, -0.15) is 13.2 Å². The minimum atomic E-state index is -4.10. The molecule has 1 fully saturated rings. The van der Waals surface area contributed by atoms with Gasteiger partial charge in [0, 0.05) is 12.7 Å². The second-order valence-electron chi connectivity index (χ2n) is 5.58. The molecule has 8 heteroatoms. The lowest BCUT2D eigenvalue weighted by Crippen LogP contribution is -2.41. The Balaban J connectivity index is 1.47. The van der Waals surface area contributed by atoms with Gasteiger partial charge >= 0.3 is 6.18 Å². The van der Waals surface area contributed by atoms with Crippen molar-refractivity contribution in [3.8, 4) is 0 Å². The van der Waals surface area contributed by atoms with Crippen molar-refractivity contribution in [3.05, 3.63) is 18.5 Å². The Hall–Kier alpha value is -1.41. The third-order valence-electron chi connectivity index (χ3n) is 3.84. The third-order valence-corrected chi connectivity index (χ3v) is 4.84. The molecule has 4 nitrogen and oxygen atoms in total. The van der Waals surface area contributed by atoms with Gasteiger partial charge in [-0.1, -0.05) is 11.3 Å². The Labute approximate surface area is 130 Å². The molecular weight excluding hydrogens is 313 g/mol. The summed E-state index contributed by atoms with van der Waals surface area (Å²) in [5.74, 6) is 0.398. The molecule has 0 amide bonds. The molecule has 1 saturated heterocycles. The fourth-order valence-corrected chi connectivity index (χ4v) is 3.53. The molecule has 3 heterocycles. The number of nitrogens with one attached hydrogen (secondary N) is 1. The van der Waals surface area contributed by atoms with Gasteiger partial charge in [0.25, 0.3) is 0 Å². The van der Waals surface area contributed by atoms with E-state index in [2.05, 4.69) is 15.3 Å². The first-order chi connectivity index (χ1) is 10.5. The van der Waals surface area contributed by atoms with E-state index in [9.17, 15) is 13.2 Å². The predicted octanol–water partition coefficient (Wildman–Crippen LogP) is 3.38. The number of pyridine rings is 1. The molecule has 2 aromatic rings. The van der Waals surface area contributed by atoms with E-state index in [-0.39, 0.29) is 0 Å². The quantitative estimate of drug-likeness (QED) is 0.933. The number of likely N-dealkylation sites (tertiary alicyclic amines) is 1. The van der Waals surface area contributed by atoms with Crippen LogP contribution in [0.4, 0.5) is 18.3 Å². The van der Waals surface area contributed by atoms with E-state index in [0.717, 1.165) is 34.7 Å².